The van der Waals surface area contributed by atoms with Gasteiger partial charge in [0.05, 0.1) is 24.5 Å². The molecular weight excluding hydrogens is 316 g/mol. The lowest BCUT2D eigenvalue weighted by Crippen LogP contribution is -2.45. The van der Waals surface area contributed by atoms with Gasteiger partial charge in [-0.05, 0) is 44.4 Å². The third kappa shape index (κ3) is 4.54. The predicted molar refractivity (Wildman–Crippen MR) is 96.5 cm³/mol. The molecule has 0 spiro atoms. The first-order valence-electron chi connectivity index (χ1n) is 9.99. The van der Waals surface area contributed by atoms with E-state index in [0.29, 0.717) is 6.04 Å². The molecule has 3 aliphatic rings. The van der Waals surface area contributed by atoms with Gasteiger partial charge in [0, 0.05) is 25.4 Å². The Hall–Kier alpha value is -1.56. The van der Waals surface area contributed by atoms with Crippen LogP contribution in [0.3, 0.4) is 0 Å². The highest BCUT2D eigenvalue weighted by atomic mass is 16.5. The molecule has 25 heavy (non-hydrogen) atoms. The van der Waals surface area contributed by atoms with Gasteiger partial charge in [-0.3, -0.25) is 4.68 Å². The average molecular weight is 346 g/mol. The number of rotatable bonds is 6. The molecule has 1 aliphatic heterocycles. The Bertz CT molecular complexity index is 572. The molecule has 6 heteroatoms. The predicted octanol–water partition coefficient (Wildman–Crippen LogP) is 3.64. The van der Waals surface area contributed by atoms with Gasteiger partial charge in [-0.25, -0.2) is 4.79 Å². The van der Waals surface area contributed by atoms with Crippen molar-refractivity contribution in [2.24, 2.45) is 5.92 Å². The van der Waals surface area contributed by atoms with Gasteiger partial charge in [0.25, 0.3) is 0 Å². The number of nitrogens with zero attached hydrogens (tertiary/aromatic N) is 3. The van der Waals surface area contributed by atoms with Crippen LogP contribution in [0, 0.1) is 5.92 Å². The minimum Gasteiger partial charge on any atom is -0.376 e. The van der Waals surface area contributed by atoms with E-state index in [1.165, 1.54) is 32.1 Å². The molecule has 1 N–H and O–H groups in total. The molecule has 1 saturated heterocycles. The molecule has 0 bridgehead atoms. The summed E-state index contributed by atoms with van der Waals surface area (Å²) in [5.74, 6) is 0.718. The Kier molecular flexibility index (Phi) is 5.25. The number of nitrogens with one attached hydrogen (secondary N) is 1. The Morgan fingerprint density at radius 2 is 2.04 bits per heavy atom. The first kappa shape index (κ1) is 16.9. The summed E-state index contributed by atoms with van der Waals surface area (Å²) in [5, 5.41) is 7.46. The minimum atomic E-state index is 0.0514. The molecule has 1 atom stereocenters. The van der Waals surface area contributed by atoms with Crippen LogP contribution in [0.1, 0.15) is 57.8 Å². The molecule has 0 radical (unpaired) electrons. The second-order valence-corrected chi connectivity index (χ2v) is 7.90. The molecule has 2 aliphatic carbocycles. The largest absolute Gasteiger partial charge is 0.376 e. The third-order valence-electron chi connectivity index (χ3n) is 5.73. The van der Waals surface area contributed by atoms with E-state index in [1.54, 1.807) is 6.20 Å². The van der Waals surface area contributed by atoms with Crippen molar-refractivity contribution < 1.29 is 9.53 Å². The van der Waals surface area contributed by atoms with Crippen molar-refractivity contribution in [3.8, 4) is 0 Å². The zero-order valence-corrected chi connectivity index (χ0v) is 15.0. The Morgan fingerprint density at radius 3 is 2.76 bits per heavy atom. The van der Waals surface area contributed by atoms with Gasteiger partial charge in [0.2, 0.25) is 0 Å². The van der Waals surface area contributed by atoms with Crippen molar-refractivity contribution in [3.63, 3.8) is 0 Å². The molecule has 0 aromatic carbocycles. The van der Waals surface area contributed by atoms with Crippen molar-refractivity contribution in [2.45, 2.75) is 76.5 Å². The summed E-state index contributed by atoms with van der Waals surface area (Å²) in [5.41, 5.74) is 0.791. The van der Waals surface area contributed by atoms with E-state index in [1.807, 2.05) is 10.9 Å². The number of ether oxygens (including phenoxy) is 1. The number of anilines is 1. The first-order valence-corrected chi connectivity index (χ1v) is 9.99. The van der Waals surface area contributed by atoms with Crippen molar-refractivity contribution in [1.29, 1.82) is 0 Å². The number of carbonyl (C=O) groups is 1. The fourth-order valence-electron chi connectivity index (χ4n) is 4.09. The van der Waals surface area contributed by atoms with Crippen LogP contribution < -0.4 is 5.32 Å². The van der Waals surface area contributed by atoms with E-state index in [0.717, 1.165) is 57.0 Å². The fourth-order valence-corrected chi connectivity index (χ4v) is 4.09. The maximum Gasteiger partial charge on any atom is 0.322 e. The van der Waals surface area contributed by atoms with Crippen molar-refractivity contribution >= 4 is 11.7 Å². The van der Waals surface area contributed by atoms with E-state index in [-0.39, 0.29) is 12.1 Å². The normalized spacial score (nSPS) is 24.4. The summed E-state index contributed by atoms with van der Waals surface area (Å²) in [4.78, 5) is 15.0. The van der Waals surface area contributed by atoms with Crippen LogP contribution >= 0.6 is 0 Å². The zero-order chi connectivity index (χ0) is 17.1. The molecule has 1 aromatic heterocycles. The van der Waals surface area contributed by atoms with Gasteiger partial charge in [0.1, 0.15) is 0 Å². The summed E-state index contributed by atoms with van der Waals surface area (Å²) in [6.07, 6.45) is 14.8. The zero-order valence-electron chi connectivity index (χ0n) is 15.0. The van der Waals surface area contributed by atoms with Crippen LogP contribution in [0.4, 0.5) is 10.5 Å². The topological polar surface area (TPSA) is 59.4 Å². The fraction of sp³-hybridized carbons (Fsp3) is 0.789. The lowest BCUT2D eigenvalue weighted by molar-refractivity contribution is 0.0940. The minimum absolute atomic E-state index is 0.0514. The van der Waals surface area contributed by atoms with Crippen LogP contribution in [-0.4, -0.2) is 46.0 Å². The first-order chi connectivity index (χ1) is 12.3. The second-order valence-electron chi connectivity index (χ2n) is 7.90. The average Bonchev–Trinajstić information content (AvgIpc) is 3.11. The Morgan fingerprint density at radius 1 is 1.20 bits per heavy atom. The quantitative estimate of drug-likeness (QED) is 0.855. The number of hydrogen-bond acceptors (Lipinski definition) is 3. The number of urea groups is 1. The maximum absolute atomic E-state index is 12.9. The van der Waals surface area contributed by atoms with E-state index >= 15 is 0 Å². The van der Waals surface area contributed by atoms with E-state index in [9.17, 15) is 4.79 Å². The highest BCUT2D eigenvalue weighted by Gasteiger charge is 2.32. The van der Waals surface area contributed by atoms with Gasteiger partial charge >= 0.3 is 6.03 Å². The SMILES string of the molecule is O=C(Nc1cnn(C[C@@H]2CCCO2)c1)N(CC1CC1)C1CCCCC1. The van der Waals surface area contributed by atoms with Crippen LogP contribution in [-0.2, 0) is 11.3 Å². The van der Waals surface area contributed by atoms with Crippen LogP contribution in [0.25, 0.3) is 0 Å². The Balaban J connectivity index is 1.35. The Labute approximate surface area is 149 Å². The number of aromatic nitrogens is 2. The molecule has 0 unspecified atom stereocenters. The smallest absolute Gasteiger partial charge is 0.322 e. The number of carbonyl (C=O) groups excluding carboxylic acids is 1. The molecule has 2 heterocycles. The van der Waals surface area contributed by atoms with E-state index in [4.69, 9.17) is 4.74 Å². The van der Waals surface area contributed by atoms with Crippen LogP contribution in [0.2, 0.25) is 0 Å². The molecular formula is C19H30N4O2. The lowest BCUT2D eigenvalue weighted by Gasteiger charge is -2.34. The molecule has 4 rings (SSSR count). The van der Waals surface area contributed by atoms with E-state index in [2.05, 4.69) is 15.3 Å². The van der Waals surface area contributed by atoms with Gasteiger partial charge in [-0.2, -0.15) is 5.10 Å². The summed E-state index contributed by atoms with van der Waals surface area (Å²) >= 11 is 0. The van der Waals surface area contributed by atoms with Crippen molar-refractivity contribution in [1.82, 2.24) is 14.7 Å². The van der Waals surface area contributed by atoms with Crippen LogP contribution in [0.15, 0.2) is 12.4 Å². The molecule has 3 fully saturated rings. The van der Waals surface area contributed by atoms with Gasteiger partial charge in [-0.15, -0.1) is 0 Å². The maximum atomic E-state index is 12.9. The van der Waals surface area contributed by atoms with Gasteiger partial charge in [-0.1, -0.05) is 19.3 Å². The monoisotopic (exact) mass is 346 g/mol. The molecule has 2 amide bonds. The number of amides is 2. The molecule has 6 nitrogen and oxygen atoms in total. The number of hydrogen-bond donors (Lipinski definition) is 1. The lowest BCUT2D eigenvalue weighted by atomic mass is 9.94. The summed E-state index contributed by atoms with van der Waals surface area (Å²) in [7, 11) is 0. The highest BCUT2D eigenvalue weighted by molar-refractivity contribution is 5.89. The summed E-state index contributed by atoms with van der Waals surface area (Å²) in [6.45, 7) is 2.54. The molecule has 138 valence electrons. The molecule has 2 saturated carbocycles. The summed E-state index contributed by atoms with van der Waals surface area (Å²) < 4.78 is 7.55. The van der Waals surface area contributed by atoms with Crippen molar-refractivity contribution in [2.75, 3.05) is 18.5 Å². The second kappa shape index (κ2) is 7.77. The van der Waals surface area contributed by atoms with E-state index < -0.39 is 0 Å². The standard InChI is InChI=1S/C19H30N4O2/c24-19(23(12-15-8-9-15)17-5-2-1-3-6-17)21-16-11-20-22(13-16)14-18-7-4-10-25-18/h11,13,15,17-18H,1-10,12,14H2,(H,21,24)/t18-/m0/s1. The van der Waals surface area contributed by atoms with Gasteiger partial charge in [0.15, 0.2) is 0 Å². The van der Waals surface area contributed by atoms with Crippen LogP contribution in [0.5, 0.6) is 0 Å². The third-order valence-corrected chi connectivity index (χ3v) is 5.73. The van der Waals surface area contributed by atoms with Gasteiger partial charge < -0.3 is 15.0 Å². The van der Waals surface area contributed by atoms with Crippen molar-refractivity contribution in [3.05, 3.63) is 12.4 Å². The summed E-state index contributed by atoms with van der Waals surface area (Å²) in [6, 6.07) is 0.465. The highest BCUT2D eigenvalue weighted by Crippen LogP contribution is 2.33. The molecule has 1 aromatic rings.